The average Bonchev–Trinajstić information content (AvgIpc) is 3.52. The highest BCUT2D eigenvalue weighted by Crippen LogP contribution is 2.47. The van der Waals surface area contributed by atoms with Crippen molar-refractivity contribution in [2.24, 2.45) is 16.8 Å². The molecule has 40 heavy (non-hydrogen) atoms. The Morgan fingerprint density at radius 1 is 1.25 bits per heavy atom. The summed E-state index contributed by atoms with van der Waals surface area (Å²) in [5, 5.41) is 16.6. The largest absolute Gasteiger partial charge is 0.489 e. The molecule has 3 aromatic rings. The first-order valence-corrected chi connectivity index (χ1v) is 15.8. The molecule has 3 heterocycles. The van der Waals surface area contributed by atoms with Gasteiger partial charge in [-0.15, -0.1) is 11.3 Å². The molecule has 0 radical (unpaired) electrons. The van der Waals surface area contributed by atoms with Gasteiger partial charge >= 0.3 is 0 Å². The van der Waals surface area contributed by atoms with E-state index >= 15 is 0 Å². The Labute approximate surface area is 241 Å². The van der Waals surface area contributed by atoms with E-state index in [1.807, 2.05) is 32.4 Å². The van der Waals surface area contributed by atoms with Gasteiger partial charge in [0.2, 0.25) is 5.91 Å². The van der Waals surface area contributed by atoms with Gasteiger partial charge < -0.3 is 20.3 Å². The molecule has 3 unspecified atom stereocenters. The maximum absolute atomic E-state index is 13.3. The van der Waals surface area contributed by atoms with E-state index in [2.05, 4.69) is 45.8 Å². The molecule has 1 amide bonds. The molecule has 3 atom stereocenters. The normalized spacial score (nSPS) is 20.9. The second-order valence-corrected chi connectivity index (χ2v) is 13.2. The number of aromatic nitrogens is 2. The van der Waals surface area contributed by atoms with E-state index in [9.17, 15) is 4.79 Å². The smallest absolute Gasteiger partial charge is 0.223 e. The summed E-state index contributed by atoms with van der Waals surface area (Å²) in [5.41, 5.74) is 4.54. The van der Waals surface area contributed by atoms with Gasteiger partial charge in [0.1, 0.15) is 16.9 Å². The van der Waals surface area contributed by atoms with Crippen molar-refractivity contribution in [3.63, 3.8) is 0 Å². The number of nitrogens with one attached hydrogen (secondary N) is 3. The number of aromatic amines is 1. The number of rotatable bonds is 11. The third-order valence-corrected chi connectivity index (χ3v) is 9.67. The molecule has 214 valence electrons. The summed E-state index contributed by atoms with van der Waals surface area (Å²) in [6, 6.07) is 4.33. The third kappa shape index (κ3) is 5.71. The fourth-order valence-electron chi connectivity index (χ4n) is 6.19. The summed E-state index contributed by atoms with van der Waals surface area (Å²) < 4.78 is 6.20. The van der Waals surface area contributed by atoms with Gasteiger partial charge in [-0.05, 0) is 63.5 Å². The quantitative estimate of drug-likeness (QED) is 0.242. The van der Waals surface area contributed by atoms with Gasteiger partial charge in [0, 0.05) is 47.3 Å². The Bertz CT molecular complexity index is 1390. The molecule has 9 heteroatoms. The van der Waals surface area contributed by atoms with Crippen molar-refractivity contribution in [1.82, 2.24) is 20.4 Å². The SMILES string of the molecule is CCCC(CCC1CC1)C(=O)NC1CCc2c(sc3c2C(Nc2cc4cn[nH]c4cc2OC(C)C)N(C)C=N3)C1. The van der Waals surface area contributed by atoms with Crippen molar-refractivity contribution in [2.75, 3.05) is 12.4 Å². The van der Waals surface area contributed by atoms with Crippen molar-refractivity contribution in [3.05, 3.63) is 34.3 Å². The van der Waals surface area contributed by atoms with Crippen LogP contribution in [0.15, 0.2) is 23.3 Å². The lowest BCUT2D eigenvalue weighted by molar-refractivity contribution is -0.126. The molecular formula is C31H42N6O2S. The van der Waals surface area contributed by atoms with Crippen LogP contribution in [0.25, 0.3) is 10.9 Å². The number of ether oxygens (including phenoxy) is 1. The lowest BCUT2D eigenvalue weighted by Gasteiger charge is -2.33. The van der Waals surface area contributed by atoms with Gasteiger partial charge in [-0.25, -0.2) is 4.99 Å². The summed E-state index contributed by atoms with van der Waals surface area (Å²) >= 11 is 1.78. The van der Waals surface area contributed by atoms with E-state index < -0.39 is 0 Å². The highest BCUT2D eigenvalue weighted by atomic mass is 32.1. The van der Waals surface area contributed by atoms with Crippen molar-refractivity contribution < 1.29 is 9.53 Å². The molecule has 2 aliphatic carbocycles. The number of carbonyl (C=O) groups is 1. The number of aliphatic imine (C=N–C) groups is 1. The molecule has 0 saturated heterocycles. The number of hydrogen-bond donors (Lipinski definition) is 3. The lowest BCUT2D eigenvalue weighted by atomic mass is 9.89. The van der Waals surface area contributed by atoms with E-state index in [0.717, 1.165) is 71.8 Å². The fraction of sp³-hybridized carbons (Fsp3) is 0.581. The van der Waals surface area contributed by atoms with E-state index in [1.165, 1.54) is 35.3 Å². The Hall–Kier alpha value is -3.07. The predicted octanol–water partition coefficient (Wildman–Crippen LogP) is 6.71. The molecular weight excluding hydrogens is 520 g/mol. The number of H-pyrrole nitrogens is 1. The van der Waals surface area contributed by atoms with Crippen LogP contribution in [-0.4, -0.2) is 46.5 Å². The van der Waals surface area contributed by atoms with Gasteiger partial charge in [0.25, 0.3) is 0 Å². The maximum atomic E-state index is 13.3. The summed E-state index contributed by atoms with van der Waals surface area (Å²) in [6.07, 6.45) is 13.6. The van der Waals surface area contributed by atoms with E-state index in [0.29, 0.717) is 0 Å². The zero-order valence-corrected chi connectivity index (χ0v) is 24.9. The van der Waals surface area contributed by atoms with Crippen LogP contribution < -0.4 is 15.4 Å². The van der Waals surface area contributed by atoms with E-state index in [-0.39, 0.29) is 30.1 Å². The summed E-state index contributed by atoms with van der Waals surface area (Å²) in [7, 11) is 2.06. The zero-order valence-electron chi connectivity index (χ0n) is 24.1. The Balaban J connectivity index is 1.21. The molecule has 0 bridgehead atoms. The van der Waals surface area contributed by atoms with Crippen LogP contribution >= 0.6 is 11.3 Å². The molecule has 2 aromatic heterocycles. The van der Waals surface area contributed by atoms with Crippen LogP contribution in [0.4, 0.5) is 10.7 Å². The van der Waals surface area contributed by atoms with Gasteiger partial charge in [0.15, 0.2) is 0 Å². The highest BCUT2D eigenvalue weighted by molar-refractivity contribution is 7.16. The first-order chi connectivity index (χ1) is 19.4. The summed E-state index contributed by atoms with van der Waals surface area (Å²) in [4.78, 5) is 21.6. The van der Waals surface area contributed by atoms with Crippen molar-refractivity contribution in [2.45, 2.75) is 96.9 Å². The monoisotopic (exact) mass is 562 g/mol. The van der Waals surface area contributed by atoms with Gasteiger partial charge in [-0.3, -0.25) is 9.89 Å². The minimum Gasteiger partial charge on any atom is -0.489 e. The number of benzene rings is 1. The lowest BCUT2D eigenvalue weighted by Crippen LogP contribution is -2.42. The number of carbonyl (C=O) groups excluding carboxylic acids is 1. The molecule has 1 aromatic carbocycles. The van der Waals surface area contributed by atoms with E-state index in [1.54, 1.807) is 11.3 Å². The molecule has 1 aliphatic heterocycles. The standard InChI is InChI=1S/C31H42N6O2S/c1-5-6-20(10-9-19-7-8-19)30(38)34-22-11-12-23-27(14-22)40-31-28(23)29(37(4)17-32-31)35-25-13-21-16-33-36-24(21)15-26(25)39-18(2)3/h13,15-20,22,29,35H,5-12,14H2,1-4H3,(H,33,36)(H,34,38). The summed E-state index contributed by atoms with van der Waals surface area (Å²) in [6.45, 7) is 6.27. The molecule has 8 nitrogen and oxygen atoms in total. The van der Waals surface area contributed by atoms with Crippen LogP contribution in [0.5, 0.6) is 5.75 Å². The molecule has 3 N–H and O–H groups in total. The van der Waals surface area contributed by atoms with Crippen molar-refractivity contribution in [3.8, 4) is 5.75 Å². The molecule has 6 rings (SSSR count). The van der Waals surface area contributed by atoms with Gasteiger partial charge in [-0.2, -0.15) is 5.10 Å². The summed E-state index contributed by atoms with van der Waals surface area (Å²) in [5.74, 6) is 2.10. The molecule has 0 spiro atoms. The maximum Gasteiger partial charge on any atom is 0.223 e. The number of hydrogen-bond acceptors (Lipinski definition) is 7. The molecule has 1 saturated carbocycles. The van der Waals surface area contributed by atoms with Crippen LogP contribution in [0, 0.1) is 11.8 Å². The Morgan fingerprint density at radius 3 is 2.88 bits per heavy atom. The second kappa shape index (κ2) is 11.4. The Kier molecular flexibility index (Phi) is 7.75. The predicted molar refractivity (Wildman–Crippen MR) is 163 cm³/mol. The van der Waals surface area contributed by atoms with Crippen LogP contribution in [0.2, 0.25) is 0 Å². The minimum absolute atomic E-state index is 0.0498. The van der Waals surface area contributed by atoms with Crippen molar-refractivity contribution in [1.29, 1.82) is 0 Å². The zero-order chi connectivity index (χ0) is 27.8. The second-order valence-electron chi connectivity index (χ2n) is 12.1. The number of fused-ring (bicyclic) bond motifs is 4. The van der Waals surface area contributed by atoms with Crippen LogP contribution in [-0.2, 0) is 17.6 Å². The topological polar surface area (TPSA) is 94.6 Å². The number of thiophene rings is 1. The number of amides is 1. The average molecular weight is 563 g/mol. The third-order valence-electron chi connectivity index (χ3n) is 8.49. The van der Waals surface area contributed by atoms with Crippen molar-refractivity contribution >= 4 is 45.2 Å². The first-order valence-electron chi connectivity index (χ1n) is 15.0. The number of nitrogens with zero attached hydrogens (tertiary/aromatic N) is 3. The highest BCUT2D eigenvalue weighted by Gasteiger charge is 2.34. The van der Waals surface area contributed by atoms with Gasteiger partial charge in [-0.1, -0.05) is 26.2 Å². The Morgan fingerprint density at radius 2 is 2.10 bits per heavy atom. The fourth-order valence-corrected chi connectivity index (χ4v) is 7.48. The van der Waals surface area contributed by atoms with Crippen LogP contribution in [0.3, 0.4) is 0 Å². The van der Waals surface area contributed by atoms with Gasteiger partial charge in [0.05, 0.1) is 29.8 Å². The first kappa shape index (κ1) is 27.1. The molecule has 1 fully saturated rings. The minimum atomic E-state index is -0.0612. The van der Waals surface area contributed by atoms with E-state index in [4.69, 9.17) is 9.73 Å². The molecule has 3 aliphatic rings. The van der Waals surface area contributed by atoms with Crippen LogP contribution in [0.1, 0.15) is 87.9 Å². The number of anilines is 1.